The molecule has 1 rings (SSSR count). The van der Waals surface area contributed by atoms with Crippen molar-refractivity contribution in [2.24, 2.45) is 0 Å². The summed E-state index contributed by atoms with van der Waals surface area (Å²) in [6.07, 6.45) is 2.57. The highest BCUT2D eigenvalue weighted by molar-refractivity contribution is 5.66. The van der Waals surface area contributed by atoms with Gasteiger partial charge in [0.25, 0.3) is 0 Å². The van der Waals surface area contributed by atoms with E-state index in [0.29, 0.717) is 18.7 Å². The van der Waals surface area contributed by atoms with Gasteiger partial charge in [-0.3, -0.25) is 4.79 Å². The summed E-state index contributed by atoms with van der Waals surface area (Å²) in [6, 6.07) is 6.52. The van der Waals surface area contributed by atoms with Crippen molar-refractivity contribution in [3.63, 3.8) is 0 Å². The molecule has 1 aromatic carbocycles. The van der Waals surface area contributed by atoms with Gasteiger partial charge in [-0.2, -0.15) is 0 Å². The number of carboxylic acid groups (broad SMARTS) is 1. The maximum absolute atomic E-state index is 13.1. The van der Waals surface area contributed by atoms with Crippen LogP contribution in [0.25, 0.3) is 0 Å². The summed E-state index contributed by atoms with van der Waals surface area (Å²) in [5.41, 5.74) is 0.501. The van der Waals surface area contributed by atoms with Gasteiger partial charge in [0.05, 0.1) is 5.69 Å². The summed E-state index contributed by atoms with van der Waals surface area (Å²) < 4.78 is 13.1. The van der Waals surface area contributed by atoms with E-state index in [2.05, 4.69) is 5.32 Å². The Labute approximate surface area is 94.3 Å². The number of carboxylic acids is 1. The zero-order chi connectivity index (χ0) is 11.8. The third-order valence-electron chi connectivity index (χ3n) is 2.26. The lowest BCUT2D eigenvalue weighted by Gasteiger charge is -2.06. The van der Waals surface area contributed by atoms with Crippen LogP contribution in [0.2, 0.25) is 0 Å². The van der Waals surface area contributed by atoms with E-state index in [1.807, 2.05) is 0 Å². The molecule has 0 unspecified atom stereocenters. The number of carbonyl (C=O) groups is 1. The summed E-state index contributed by atoms with van der Waals surface area (Å²) in [7, 11) is 0. The highest BCUT2D eigenvalue weighted by Crippen LogP contribution is 2.12. The molecule has 0 fully saturated rings. The summed E-state index contributed by atoms with van der Waals surface area (Å²) in [4.78, 5) is 10.2. The fourth-order valence-electron chi connectivity index (χ4n) is 1.41. The van der Waals surface area contributed by atoms with Gasteiger partial charge in [0.1, 0.15) is 5.82 Å². The molecule has 0 saturated carbocycles. The first-order valence-corrected chi connectivity index (χ1v) is 5.40. The average molecular weight is 225 g/mol. The van der Waals surface area contributed by atoms with Crippen LogP contribution < -0.4 is 5.32 Å². The van der Waals surface area contributed by atoms with Crippen LogP contribution in [-0.2, 0) is 4.79 Å². The van der Waals surface area contributed by atoms with Crippen molar-refractivity contribution < 1.29 is 14.3 Å². The molecule has 0 aliphatic carbocycles. The number of benzene rings is 1. The zero-order valence-electron chi connectivity index (χ0n) is 9.08. The minimum atomic E-state index is -0.762. The van der Waals surface area contributed by atoms with Gasteiger partial charge in [-0.1, -0.05) is 18.6 Å². The summed E-state index contributed by atoms with van der Waals surface area (Å²) in [5.74, 6) is -1.02. The minimum absolute atomic E-state index is 0.208. The van der Waals surface area contributed by atoms with Gasteiger partial charge in [-0.25, -0.2) is 4.39 Å². The van der Waals surface area contributed by atoms with Crippen LogP contribution in [0.5, 0.6) is 0 Å². The van der Waals surface area contributed by atoms with Crippen molar-refractivity contribution in [2.45, 2.75) is 25.7 Å². The third-order valence-corrected chi connectivity index (χ3v) is 2.26. The smallest absolute Gasteiger partial charge is 0.303 e. The van der Waals surface area contributed by atoms with Crippen LogP contribution in [0.4, 0.5) is 10.1 Å². The second kappa shape index (κ2) is 6.82. The Morgan fingerprint density at radius 2 is 2.00 bits per heavy atom. The van der Waals surface area contributed by atoms with E-state index in [1.165, 1.54) is 6.07 Å². The van der Waals surface area contributed by atoms with Gasteiger partial charge in [-0.15, -0.1) is 0 Å². The standard InChI is InChI=1S/C12H16FNO2/c13-10-6-3-4-7-11(10)14-9-5-1-2-8-12(15)16/h3-4,6-7,14H,1-2,5,8-9H2,(H,15,16). The van der Waals surface area contributed by atoms with E-state index < -0.39 is 5.97 Å². The van der Waals surface area contributed by atoms with Crippen LogP contribution in [0, 0.1) is 5.82 Å². The number of aliphatic carboxylic acids is 1. The number of hydrogen-bond acceptors (Lipinski definition) is 2. The number of rotatable bonds is 7. The normalized spacial score (nSPS) is 10.1. The van der Waals surface area contributed by atoms with Gasteiger partial charge in [0, 0.05) is 13.0 Å². The van der Waals surface area contributed by atoms with Gasteiger partial charge in [0.2, 0.25) is 0 Å². The topological polar surface area (TPSA) is 49.3 Å². The van der Waals surface area contributed by atoms with Crippen LogP contribution in [0.3, 0.4) is 0 Å². The molecule has 0 bridgehead atoms. The third kappa shape index (κ3) is 4.77. The predicted molar refractivity (Wildman–Crippen MR) is 61.0 cm³/mol. The van der Waals surface area contributed by atoms with Gasteiger partial charge in [0.15, 0.2) is 0 Å². The first-order chi connectivity index (χ1) is 7.70. The van der Waals surface area contributed by atoms with Crippen LogP contribution >= 0.6 is 0 Å². The molecule has 4 heteroatoms. The Bertz CT molecular complexity index is 342. The maximum atomic E-state index is 13.1. The first-order valence-electron chi connectivity index (χ1n) is 5.40. The molecule has 0 radical (unpaired) electrons. The van der Waals surface area contributed by atoms with E-state index in [0.717, 1.165) is 12.8 Å². The number of nitrogens with one attached hydrogen (secondary N) is 1. The van der Waals surface area contributed by atoms with Gasteiger partial charge < -0.3 is 10.4 Å². The highest BCUT2D eigenvalue weighted by atomic mass is 19.1. The number of para-hydroxylation sites is 1. The van der Waals surface area contributed by atoms with Crippen molar-refractivity contribution >= 4 is 11.7 Å². The molecule has 0 amide bonds. The van der Waals surface area contributed by atoms with Crippen LogP contribution in [-0.4, -0.2) is 17.6 Å². The lowest BCUT2D eigenvalue weighted by Crippen LogP contribution is -2.03. The average Bonchev–Trinajstić information content (AvgIpc) is 2.25. The number of anilines is 1. The SMILES string of the molecule is O=C(O)CCCCCNc1ccccc1F. The largest absolute Gasteiger partial charge is 0.481 e. The van der Waals surface area contributed by atoms with E-state index >= 15 is 0 Å². The molecular weight excluding hydrogens is 209 g/mol. The lowest BCUT2D eigenvalue weighted by molar-refractivity contribution is -0.137. The molecule has 0 atom stereocenters. The minimum Gasteiger partial charge on any atom is -0.481 e. The fraction of sp³-hybridized carbons (Fsp3) is 0.417. The molecule has 0 saturated heterocycles. The van der Waals surface area contributed by atoms with Crippen molar-refractivity contribution in [2.75, 3.05) is 11.9 Å². The van der Waals surface area contributed by atoms with Crippen molar-refractivity contribution in [3.8, 4) is 0 Å². The molecule has 0 heterocycles. The maximum Gasteiger partial charge on any atom is 0.303 e. The Morgan fingerprint density at radius 1 is 1.25 bits per heavy atom. The lowest BCUT2D eigenvalue weighted by atomic mass is 10.2. The number of unbranched alkanes of at least 4 members (excludes halogenated alkanes) is 2. The summed E-state index contributed by atoms with van der Waals surface area (Å²) >= 11 is 0. The van der Waals surface area contributed by atoms with Crippen LogP contribution in [0.1, 0.15) is 25.7 Å². The second-order valence-electron chi connectivity index (χ2n) is 3.61. The molecule has 3 nitrogen and oxygen atoms in total. The van der Waals surface area contributed by atoms with Crippen molar-refractivity contribution in [1.82, 2.24) is 0 Å². The Balaban J connectivity index is 2.12. The van der Waals surface area contributed by atoms with E-state index in [-0.39, 0.29) is 12.2 Å². The van der Waals surface area contributed by atoms with Crippen LogP contribution in [0.15, 0.2) is 24.3 Å². The molecule has 0 aliphatic heterocycles. The summed E-state index contributed by atoms with van der Waals surface area (Å²) in [6.45, 7) is 0.667. The van der Waals surface area contributed by atoms with Gasteiger partial charge >= 0.3 is 5.97 Å². The van der Waals surface area contributed by atoms with E-state index in [1.54, 1.807) is 18.2 Å². The molecule has 1 aromatic rings. The van der Waals surface area contributed by atoms with E-state index in [4.69, 9.17) is 5.11 Å². The molecule has 16 heavy (non-hydrogen) atoms. The Morgan fingerprint density at radius 3 is 2.69 bits per heavy atom. The van der Waals surface area contributed by atoms with E-state index in [9.17, 15) is 9.18 Å². The fourth-order valence-corrected chi connectivity index (χ4v) is 1.41. The molecule has 0 spiro atoms. The van der Waals surface area contributed by atoms with Crippen molar-refractivity contribution in [1.29, 1.82) is 0 Å². The molecule has 0 aromatic heterocycles. The van der Waals surface area contributed by atoms with Crippen molar-refractivity contribution in [3.05, 3.63) is 30.1 Å². The predicted octanol–water partition coefficient (Wildman–Crippen LogP) is 2.88. The summed E-state index contributed by atoms with van der Waals surface area (Å²) in [5, 5.41) is 11.4. The number of halogens is 1. The monoisotopic (exact) mass is 225 g/mol. The van der Waals surface area contributed by atoms with Gasteiger partial charge in [-0.05, 0) is 25.0 Å². The molecular formula is C12H16FNO2. The first kappa shape index (κ1) is 12.5. The molecule has 88 valence electrons. The second-order valence-corrected chi connectivity index (χ2v) is 3.61. The zero-order valence-corrected chi connectivity index (χ0v) is 9.08. The number of hydrogen-bond donors (Lipinski definition) is 2. The Kier molecular flexibility index (Phi) is 5.32. The quantitative estimate of drug-likeness (QED) is 0.701. The Hall–Kier alpha value is -1.58. The highest BCUT2D eigenvalue weighted by Gasteiger charge is 1.99. The molecule has 2 N–H and O–H groups in total. The molecule has 0 aliphatic rings.